The molecule has 1 atom stereocenters. The van der Waals surface area contributed by atoms with Crippen molar-refractivity contribution in [1.82, 2.24) is 18.7 Å². The average Bonchev–Trinajstić information content (AvgIpc) is 3.19. The van der Waals surface area contributed by atoms with E-state index in [1.165, 1.54) is 11.6 Å². The number of ether oxygens (including phenoxy) is 1. The molecular formula is C24H33N5O4. The third-order valence-corrected chi connectivity index (χ3v) is 6.54. The maximum Gasteiger partial charge on any atom is 0.332 e. The van der Waals surface area contributed by atoms with Crippen molar-refractivity contribution in [2.24, 2.45) is 20.0 Å². The maximum absolute atomic E-state index is 13.1. The summed E-state index contributed by atoms with van der Waals surface area (Å²) in [5.74, 6) is 1.95. The summed E-state index contributed by atoms with van der Waals surface area (Å²) in [7, 11) is 3.08. The van der Waals surface area contributed by atoms with Crippen molar-refractivity contribution >= 4 is 17.1 Å². The number of hydrogen-bond acceptors (Lipinski definition) is 6. The molecule has 0 aliphatic carbocycles. The molecule has 0 amide bonds. The number of nitrogens with zero attached hydrogens (tertiary/aromatic N) is 5. The zero-order valence-electron chi connectivity index (χ0n) is 19.8. The van der Waals surface area contributed by atoms with Crippen LogP contribution >= 0.6 is 0 Å². The van der Waals surface area contributed by atoms with Crippen LogP contribution in [0.15, 0.2) is 33.9 Å². The highest BCUT2D eigenvalue weighted by Gasteiger charge is 2.26. The van der Waals surface area contributed by atoms with E-state index in [2.05, 4.69) is 18.7 Å². The Kier molecular flexibility index (Phi) is 6.60. The monoisotopic (exact) mass is 455 g/mol. The first-order chi connectivity index (χ1) is 15.8. The molecule has 1 aromatic carbocycles. The molecule has 3 aromatic rings. The van der Waals surface area contributed by atoms with Gasteiger partial charge in [-0.05, 0) is 42.9 Å². The molecule has 0 spiro atoms. The molecule has 1 N–H and O–H groups in total. The van der Waals surface area contributed by atoms with Crippen molar-refractivity contribution in [2.75, 3.05) is 24.6 Å². The second-order valence-electron chi connectivity index (χ2n) is 9.04. The number of hydrogen-bond donors (Lipinski definition) is 1. The lowest BCUT2D eigenvalue weighted by molar-refractivity contribution is 0.0935. The smallest absolute Gasteiger partial charge is 0.332 e. The van der Waals surface area contributed by atoms with Crippen molar-refractivity contribution in [3.05, 3.63) is 50.7 Å². The summed E-state index contributed by atoms with van der Waals surface area (Å²) in [5.41, 5.74) is 0.978. The van der Waals surface area contributed by atoms with E-state index in [4.69, 9.17) is 9.72 Å². The Morgan fingerprint density at radius 1 is 1.18 bits per heavy atom. The van der Waals surface area contributed by atoms with Gasteiger partial charge < -0.3 is 19.3 Å². The highest BCUT2D eigenvalue weighted by atomic mass is 16.5. The molecule has 1 aliphatic heterocycles. The number of aliphatic hydroxyl groups is 1. The number of fused-ring (bicyclic) bond motifs is 1. The molecule has 33 heavy (non-hydrogen) atoms. The molecule has 0 saturated carbocycles. The number of aliphatic hydroxyl groups excluding tert-OH is 1. The van der Waals surface area contributed by atoms with Crippen LogP contribution in [0.25, 0.3) is 11.2 Å². The highest BCUT2D eigenvalue weighted by molar-refractivity contribution is 5.74. The third-order valence-electron chi connectivity index (χ3n) is 6.54. The van der Waals surface area contributed by atoms with Crippen molar-refractivity contribution in [1.29, 1.82) is 0 Å². The Balaban J connectivity index is 1.67. The van der Waals surface area contributed by atoms with Gasteiger partial charge in [-0.3, -0.25) is 13.9 Å². The van der Waals surface area contributed by atoms with E-state index < -0.39 is 17.4 Å². The van der Waals surface area contributed by atoms with Gasteiger partial charge >= 0.3 is 5.69 Å². The Bertz CT molecular complexity index is 1250. The van der Waals surface area contributed by atoms with Crippen molar-refractivity contribution < 1.29 is 9.84 Å². The van der Waals surface area contributed by atoms with Gasteiger partial charge in [-0.2, -0.15) is 4.98 Å². The first kappa shape index (κ1) is 23.1. The van der Waals surface area contributed by atoms with E-state index in [1.54, 1.807) is 11.6 Å². The van der Waals surface area contributed by atoms with Gasteiger partial charge in [0, 0.05) is 27.2 Å². The van der Waals surface area contributed by atoms with Crippen LogP contribution in [0.3, 0.4) is 0 Å². The van der Waals surface area contributed by atoms with Gasteiger partial charge in [0.05, 0.1) is 6.54 Å². The summed E-state index contributed by atoms with van der Waals surface area (Å²) in [6, 6.07) is 7.80. The molecule has 1 aliphatic rings. The zero-order valence-corrected chi connectivity index (χ0v) is 19.8. The molecule has 9 heteroatoms. The Hall–Kier alpha value is -3.07. The summed E-state index contributed by atoms with van der Waals surface area (Å²) < 4.78 is 10.1. The molecule has 1 unspecified atom stereocenters. The van der Waals surface area contributed by atoms with Crippen LogP contribution in [-0.4, -0.2) is 49.6 Å². The molecule has 2 aromatic heterocycles. The minimum Gasteiger partial charge on any atom is -0.491 e. The Labute approximate surface area is 192 Å². The minimum absolute atomic E-state index is 0.0788. The largest absolute Gasteiger partial charge is 0.491 e. The normalized spacial score (nSPS) is 15.8. The van der Waals surface area contributed by atoms with Gasteiger partial charge in [0.15, 0.2) is 11.2 Å². The fraction of sp³-hybridized carbons (Fsp3) is 0.542. The van der Waals surface area contributed by atoms with Crippen LogP contribution < -0.4 is 20.9 Å². The molecular weight excluding hydrogens is 422 g/mol. The van der Waals surface area contributed by atoms with Crippen molar-refractivity contribution in [3.63, 3.8) is 0 Å². The lowest BCUT2D eigenvalue weighted by Gasteiger charge is -2.31. The number of rotatable bonds is 7. The van der Waals surface area contributed by atoms with Gasteiger partial charge in [-0.25, -0.2) is 4.79 Å². The van der Waals surface area contributed by atoms with Gasteiger partial charge in [0.1, 0.15) is 18.5 Å². The van der Waals surface area contributed by atoms with Crippen molar-refractivity contribution in [2.45, 2.75) is 45.8 Å². The number of aromatic nitrogens is 4. The van der Waals surface area contributed by atoms with E-state index in [-0.39, 0.29) is 13.2 Å². The summed E-state index contributed by atoms with van der Waals surface area (Å²) in [6.07, 6.45) is 2.09. The maximum atomic E-state index is 13.1. The van der Waals surface area contributed by atoms with Gasteiger partial charge in [0.25, 0.3) is 5.56 Å². The summed E-state index contributed by atoms with van der Waals surface area (Å²) in [4.78, 5) is 32.4. The quantitative estimate of drug-likeness (QED) is 0.583. The SMILES string of the molecule is CCc1cccc(OCC(O)Cn2c(N3CCC(C)CC3)nc3c2c(=O)n(C)c(=O)n3C)c1. The predicted octanol–water partition coefficient (Wildman–Crippen LogP) is 1.67. The minimum atomic E-state index is -0.864. The third kappa shape index (κ3) is 4.55. The molecule has 178 valence electrons. The zero-order chi connectivity index (χ0) is 23.7. The lowest BCUT2D eigenvalue weighted by Crippen LogP contribution is -2.38. The average molecular weight is 456 g/mol. The summed E-state index contributed by atoms with van der Waals surface area (Å²) in [5, 5.41) is 10.8. The van der Waals surface area contributed by atoms with Crippen LogP contribution in [0.1, 0.15) is 32.3 Å². The molecule has 0 radical (unpaired) electrons. The Morgan fingerprint density at radius 2 is 1.91 bits per heavy atom. The first-order valence-electron chi connectivity index (χ1n) is 11.6. The van der Waals surface area contributed by atoms with Gasteiger partial charge in [-0.15, -0.1) is 0 Å². The van der Waals surface area contributed by atoms with Crippen LogP contribution in [0.2, 0.25) is 0 Å². The number of imidazole rings is 1. The van der Waals surface area contributed by atoms with E-state index in [0.717, 1.165) is 42.5 Å². The first-order valence-corrected chi connectivity index (χ1v) is 11.6. The molecule has 0 bridgehead atoms. The van der Waals surface area contributed by atoms with Crippen LogP contribution in [0.4, 0.5) is 5.95 Å². The predicted molar refractivity (Wildman–Crippen MR) is 128 cm³/mol. The van der Waals surface area contributed by atoms with Gasteiger partial charge in [0.2, 0.25) is 5.95 Å². The van der Waals surface area contributed by atoms with Crippen LogP contribution in [0, 0.1) is 5.92 Å². The number of benzene rings is 1. The molecule has 9 nitrogen and oxygen atoms in total. The van der Waals surface area contributed by atoms with E-state index in [0.29, 0.717) is 28.8 Å². The molecule has 1 fully saturated rings. The number of anilines is 1. The Morgan fingerprint density at radius 3 is 2.61 bits per heavy atom. The standard InChI is InChI=1S/C24H33N5O4/c1-5-17-7-6-8-19(13-17)33-15-18(30)14-29-20-21(26(3)24(32)27(4)22(20)31)25-23(29)28-11-9-16(2)10-12-28/h6-8,13,16,18,30H,5,9-12,14-15H2,1-4H3. The topological polar surface area (TPSA) is 94.5 Å². The van der Waals surface area contributed by atoms with E-state index in [1.807, 2.05) is 24.3 Å². The lowest BCUT2D eigenvalue weighted by atomic mass is 10.00. The van der Waals surface area contributed by atoms with Crippen LogP contribution in [0.5, 0.6) is 5.75 Å². The van der Waals surface area contributed by atoms with E-state index >= 15 is 0 Å². The van der Waals surface area contributed by atoms with Gasteiger partial charge in [-0.1, -0.05) is 26.0 Å². The highest BCUT2D eigenvalue weighted by Crippen LogP contribution is 2.25. The van der Waals surface area contributed by atoms with Crippen molar-refractivity contribution in [3.8, 4) is 5.75 Å². The second-order valence-corrected chi connectivity index (χ2v) is 9.04. The summed E-state index contributed by atoms with van der Waals surface area (Å²) in [6.45, 7) is 6.15. The van der Waals surface area contributed by atoms with Crippen LogP contribution in [-0.2, 0) is 27.1 Å². The number of aryl methyl sites for hydroxylation is 2. The number of piperidine rings is 1. The molecule has 1 saturated heterocycles. The van der Waals surface area contributed by atoms with E-state index in [9.17, 15) is 14.7 Å². The second kappa shape index (κ2) is 9.43. The summed E-state index contributed by atoms with van der Waals surface area (Å²) >= 11 is 0. The molecule has 3 heterocycles. The molecule has 4 rings (SSSR count). The fourth-order valence-corrected chi connectivity index (χ4v) is 4.37. The fourth-order valence-electron chi connectivity index (χ4n) is 4.37.